The summed E-state index contributed by atoms with van der Waals surface area (Å²) >= 11 is 1.85. The second-order valence-corrected chi connectivity index (χ2v) is 8.52. The molecule has 1 heterocycles. The van der Waals surface area contributed by atoms with Gasteiger partial charge >= 0.3 is 5.97 Å². The van der Waals surface area contributed by atoms with Crippen molar-refractivity contribution in [3.05, 3.63) is 42.1 Å². The zero-order valence-corrected chi connectivity index (χ0v) is 20.5. The van der Waals surface area contributed by atoms with E-state index >= 15 is 0 Å². The number of nitrogens with one attached hydrogen (secondary N) is 2. The van der Waals surface area contributed by atoms with Gasteiger partial charge in [0.05, 0.1) is 6.07 Å². The topological polar surface area (TPSA) is 105 Å². The maximum absolute atomic E-state index is 9.71. The summed E-state index contributed by atoms with van der Waals surface area (Å²) in [4.78, 5) is 21.6. The monoisotopic (exact) mass is 462 g/mol. The Hall–Kier alpha value is -2.50. The molecule has 2 unspecified atom stereocenters. The molecule has 178 valence electrons. The zero-order chi connectivity index (χ0) is 24.2. The van der Waals surface area contributed by atoms with Crippen LogP contribution in [0.5, 0.6) is 0 Å². The molecule has 0 radical (unpaired) electrons. The molecule has 1 aliphatic rings. The van der Waals surface area contributed by atoms with E-state index in [1.54, 1.807) is 6.07 Å². The largest absolute Gasteiger partial charge is 0.480 e. The Balaban J connectivity index is 0.000000663. The van der Waals surface area contributed by atoms with Crippen LogP contribution in [0.25, 0.3) is 0 Å². The lowest BCUT2D eigenvalue weighted by Gasteiger charge is -2.14. The average Bonchev–Trinajstić information content (AvgIpc) is 3.33. The van der Waals surface area contributed by atoms with Crippen LogP contribution < -0.4 is 10.6 Å². The minimum absolute atomic E-state index is 0.558. The van der Waals surface area contributed by atoms with Crippen molar-refractivity contribution in [2.24, 2.45) is 5.92 Å². The van der Waals surface area contributed by atoms with Gasteiger partial charge in [0, 0.05) is 24.0 Å². The van der Waals surface area contributed by atoms with E-state index in [0.29, 0.717) is 11.7 Å². The summed E-state index contributed by atoms with van der Waals surface area (Å²) in [6, 6.07) is 10.4. The Kier molecular flexibility index (Phi) is 17.7. The maximum atomic E-state index is 9.71. The fourth-order valence-electron chi connectivity index (χ4n) is 2.56. The Bertz CT molecular complexity index is 698. The lowest BCUT2D eigenvalue weighted by atomic mass is 10.1. The maximum Gasteiger partial charge on any atom is 0.320 e. The minimum Gasteiger partial charge on any atom is -0.480 e. The number of hydrogen-bond acceptors (Lipinski definition) is 6. The third-order valence-electron chi connectivity index (χ3n) is 4.71. The van der Waals surface area contributed by atoms with Crippen LogP contribution in [0.15, 0.2) is 36.5 Å². The molecule has 1 aromatic rings. The molecule has 3 N–H and O–H groups in total. The lowest BCUT2D eigenvalue weighted by Crippen LogP contribution is -2.21. The lowest BCUT2D eigenvalue weighted by molar-refractivity contribution is -0.139. The first-order valence-electron chi connectivity index (χ1n) is 10.9. The number of hydrogen-bond donors (Lipinski definition) is 3. The van der Waals surface area contributed by atoms with Gasteiger partial charge in [0.1, 0.15) is 5.92 Å². The molecule has 1 saturated heterocycles. The Morgan fingerprint density at radius 1 is 1.28 bits per heavy atom. The van der Waals surface area contributed by atoms with Crippen LogP contribution >= 0.6 is 11.8 Å². The number of carbonyl (C=O) groups excluding carboxylic acids is 1. The van der Waals surface area contributed by atoms with Crippen molar-refractivity contribution in [1.82, 2.24) is 10.2 Å². The number of nitrogens with zero attached hydrogens (tertiary/aromatic N) is 2. The number of carboxylic acid groups (broad SMARTS) is 1. The van der Waals surface area contributed by atoms with E-state index in [1.807, 2.05) is 24.9 Å². The first-order chi connectivity index (χ1) is 15.4. The van der Waals surface area contributed by atoms with Crippen molar-refractivity contribution >= 4 is 29.8 Å². The van der Waals surface area contributed by atoms with Gasteiger partial charge in [-0.25, -0.2) is 0 Å². The van der Waals surface area contributed by atoms with Gasteiger partial charge in [0.2, 0.25) is 6.41 Å². The molecule has 0 aliphatic carbocycles. The number of benzene rings is 1. The number of anilines is 1. The Morgan fingerprint density at radius 3 is 2.31 bits per heavy atom. The summed E-state index contributed by atoms with van der Waals surface area (Å²) in [6.45, 7) is 9.92. The van der Waals surface area contributed by atoms with Crippen LogP contribution in [-0.2, 0) is 16.0 Å². The molecule has 1 aromatic carbocycles. The van der Waals surface area contributed by atoms with Crippen molar-refractivity contribution in [2.45, 2.75) is 45.3 Å². The van der Waals surface area contributed by atoms with Crippen molar-refractivity contribution < 1.29 is 14.7 Å². The fourth-order valence-corrected chi connectivity index (χ4v) is 2.79. The van der Waals surface area contributed by atoms with Gasteiger partial charge in [-0.1, -0.05) is 18.2 Å². The van der Waals surface area contributed by atoms with Crippen LogP contribution in [-0.4, -0.2) is 60.1 Å². The standard InChI is InChI=1S/C17H26N2S.C4H5NO2.C3H7NO/c1-15(20-2)9-11-18-17-7-5-16(6-8-17)10-14-19-12-3-4-13-19;1-3(2-5)4(6)7;1-2-4-3-5/h5-9,11,15,18H,3-4,10,12-14H2,1-2H3;3H,1H3,(H,6,7);3H,2H2,1H3,(H,4,5). The summed E-state index contributed by atoms with van der Waals surface area (Å²) in [6.07, 6.45) is 11.0. The molecule has 0 aromatic heterocycles. The molecule has 1 amide bonds. The highest BCUT2D eigenvalue weighted by Gasteiger charge is 2.10. The molecule has 0 bridgehead atoms. The smallest absolute Gasteiger partial charge is 0.320 e. The number of rotatable bonds is 10. The zero-order valence-electron chi connectivity index (χ0n) is 19.7. The van der Waals surface area contributed by atoms with E-state index in [1.165, 1.54) is 57.1 Å². The summed E-state index contributed by atoms with van der Waals surface area (Å²) in [5, 5.41) is 22.2. The molecule has 2 rings (SSSR count). The number of carboxylic acids is 1. The van der Waals surface area contributed by atoms with Gasteiger partial charge in [0.15, 0.2) is 0 Å². The van der Waals surface area contributed by atoms with Crippen LogP contribution in [0.3, 0.4) is 0 Å². The number of amides is 1. The molecule has 0 spiro atoms. The van der Waals surface area contributed by atoms with Crippen molar-refractivity contribution in [2.75, 3.05) is 37.8 Å². The number of aliphatic carboxylic acids is 1. The predicted octanol–water partition coefficient (Wildman–Crippen LogP) is 3.98. The molecule has 2 atom stereocenters. The second kappa shape index (κ2) is 19.2. The van der Waals surface area contributed by atoms with Crippen molar-refractivity contribution in [1.29, 1.82) is 5.26 Å². The number of likely N-dealkylation sites (tertiary alicyclic amines) is 1. The van der Waals surface area contributed by atoms with Crippen LogP contribution in [0.1, 0.15) is 39.2 Å². The normalized spacial score (nSPS) is 14.7. The summed E-state index contributed by atoms with van der Waals surface area (Å²) in [5.74, 6) is -1.94. The van der Waals surface area contributed by atoms with E-state index in [4.69, 9.17) is 10.4 Å². The van der Waals surface area contributed by atoms with E-state index in [-0.39, 0.29) is 0 Å². The fraction of sp³-hybridized carbons (Fsp3) is 0.542. The molecule has 1 fully saturated rings. The van der Waals surface area contributed by atoms with Gasteiger partial charge in [-0.3, -0.25) is 9.59 Å². The highest BCUT2D eigenvalue weighted by atomic mass is 32.2. The van der Waals surface area contributed by atoms with Gasteiger partial charge in [-0.15, -0.1) is 0 Å². The minimum atomic E-state index is -1.07. The average molecular weight is 463 g/mol. The van der Waals surface area contributed by atoms with Crippen LogP contribution in [0.4, 0.5) is 5.69 Å². The highest BCUT2D eigenvalue weighted by Crippen LogP contribution is 2.13. The summed E-state index contributed by atoms with van der Waals surface area (Å²) in [5.41, 5.74) is 2.60. The molecule has 8 heteroatoms. The third kappa shape index (κ3) is 15.3. The quantitative estimate of drug-likeness (QED) is 0.452. The van der Waals surface area contributed by atoms with Gasteiger partial charge in [-0.2, -0.15) is 17.0 Å². The molecule has 1 aliphatic heterocycles. The van der Waals surface area contributed by atoms with E-state index < -0.39 is 11.9 Å². The first kappa shape index (κ1) is 29.5. The number of carbonyl (C=O) groups is 2. The molecule has 0 saturated carbocycles. The van der Waals surface area contributed by atoms with E-state index in [2.05, 4.69) is 59.1 Å². The Labute approximate surface area is 197 Å². The molecule has 7 nitrogen and oxygen atoms in total. The van der Waals surface area contributed by atoms with E-state index in [0.717, 1.165) is 6.54 Å². The van der Waals surface area contributed by atoms with Gasteiger partial charge in [0.25, 0.3) is 0 Å². The summed E-state index contributed by atoms with van der Waals surface area (Å²) < 4.78 is 0. The highest BCUT2D eigenvalue weighted by molar-refractivity contribution is 7.99. The van der Waals surface area contributed by atoms with Gasteiger partial charge < -0.3 is 20.6 Å². The molecular formula is C24H38N4O3S. The number of nitriles is 1. The number of thioether (sulfide) groups is 1. The van der Waals surface area contributed by atoms with Crippen LogP contribution in [0.2, 0.25) is 0 Å². The molecular weight excluding hydrogens is 424 g/mol. The van der Waals surface area contributed by atoms with E-state index in [9.17, 15) is 9.59 Å². The summed E-state index contributed by atoms with van der Waals surface area (Å²) in [7, 11) is 0. The first-order valence-corrected chi connectivity index (χ1v) is 12.2. The van der Waals surface area contributed by atoms with Crippen LogP contribution in [0, 0.1) is 17.2 Å². The molecule has 32 heavy (non-hydrogen) atoms. The van der Waals surface area contributed by atoms with Gasteiger partial charge in [-0.05, 0) is 83.3 Å². The second-order valence-electron chi connectivity index (χ2n) is 7.30. The predicted molar refractivity (Wildman–Crippen MR) is 134 cm³/mol. The Morgan fingerprint density at radius 2 is 1.91 bits per heavy atom. The van der Waals surface area contributed by atoms with Crippen molar-refractivity contribution in [3.8, 4) is 6.07 Å². The third-order valence-corrected chi connectivity index (χ3v) is 5.61. The SMILES string of the molecule is CC(C#N)C(=O)O.CCNC=O.CSC(C)C=CNc1ccc(CCN2CCCC2)cc1. The van der Waals surface area contributed by atoms with Crippen molar-refractivity contribution in [3.63, 3.8) is 0 Å².